The van der Waals surface area contributed by atoms with Gasteiger partial charge in [-0.25, -0.2) is 13.6 Å². The number of carboxylic acid groups (broad SMARTS) is 1. The van der Waals surface area contributed by atoms with Crippen molar-refractivity contribution in [2.75, 3.05) is 12.4 Å². The molecule has 0 aromatic heterocycles. The molecule has 0 saturated heterocycles. The molecule has 2 atom stereocenters. The van der Waals surface area contributed by atoms with Gasteiger partial charge in [0.25, 0.3) is 0 Å². The van der Waals surface area contributed by atoms with E-state index in [0.717, 1.165) is 6.07 Å². The van der Waals surface area contributed by atoms with Crippen molar-refractivity contribution in [1.82, 2.24) is 0 Å². The molecule has 0 bridgehead atoms. The molecule has 1 fully saturated rings. The minimum atomic E-state index is -1.12. The molecule has 7 heteroatoms. The molecule has 26 heavy (non-hydrogen) atoms. The van der Waals surface area contributed by atoms with Gasteiger partial charge in [0, 0.05) is 18.7 Å². The van der Waals surface area contributed by atoms with Gasteiger partial charge in [0.05, 0.1) is 12.2 Å². The van der Waals surface area contributed by atoms with Gasteiger partial charge < -0.3 is 15.2 Å². The van der Waals surface area contributed by atoms with Gasteiger partial charge in [-0.3, -0.25) is 4.79 Å². The van der Waals surface area contributed by atoms with E-state index in [0.29, 0.717) is 17.7 Å². The Morgan fingerprint density at radius 2 is 2.04 bits per heavy atom. The van der Waals surface area contributed by atoms with Crippen LogP contribution in [0, 0.1) is 17.6 Å². The maximum Gasteiger partial charge on any atom is 0.335 e. The number of carboxylic acids is 1. The Morgan fingerprint density at radius 3 is 2.73 bits per heavy atom. The highest BCUT2D eigenvalue weighted by Crippen LogP contribution is 2.49. The zero-order chi connectivity index (χ0) is 18.8. The summed E-state index contributed by atoms with van der Waals surface area (Å²) in [5.41, 5.74) is 1.14. The number of halogens is 2. The number of aromatic carboxylic acids is 1. The van der Waals surface area contributed by atoms with Gasteiger partial charge in [-0.2, -0.15) is 0 Å². The number of rotatable bonds is 6. The molecule has 1 aliphatic rings. The first kappa shape index (κ1) is 18.0. The SMILES string of the molecule is COCc1cc(NC(=O)C2CC2c2cccc(F)c2F)cc(C(=O)O)c1. The van der Waals surface area contributed by atoms with Crippen LogP contribution in [0.3, 0.4) is 0 Å². The van der Waals surface area contributed by atoms with Crippen LogP contribution < -0.4 is 5.32 Å². The lowest BCUT2D eigenvalue weighted by molar-refractivity contribution is -0.117. The van der Waals surface area contributed by atoms with E-state index in [-0.39, 0.29) is 29.6 Å². The molecule has 0 radical (unpaired) electrons. The largest absolute Gasteiger partial charge is 0.478 e. The van der Waals surface area contributed by atoms with Gasteiger partial charge >= 0.3 is 5.97 Å². The van der Waals surface area contributed by atoms with Crippen molar-refractivity contribution >= 4 is 17.6 Å². The van der Waals surface area contributed by atoms with Gasteiger partial charge in [0.15, 0.2) is 11.6 Å². The molecule has 3 rings (SSSR count). The molecule has 0 heterocycles. The molecule has 1 amide bonds. The summed E-state index contributed by atoms with van der Waals surface area (Å²) in [5.74, 6) is -4.21. The van der Waals surface area contributed by atoms with E-state index in [2.05, 4.69) is 5.32 Å². The number of hydrogen-bond acceptors (Lipinski definition) is 3. The van der Waals surface area contributed by atoms with Crippen molar-refractivity contribution < 1.29 is 28.2 Å². The van der Waals surface area contributed by atoms with Crippen molar-refractivity contribution in [3.63, 3.8) is 0 Å². The number of methoxy groups -OCH3 is 1. The average Bonchev–Trinajstić information content (AvgIpc) is 3.38. The minimum Gasteiger partial charge on any atom is -0.478 e. The first-order valence-electron chi connectivity index (χ1n) is 8.01. The fourth-order valence-corrected chi connectivity index (χ4v) is 3.01. The van der Waals surface area contributed by atoms with Crippen molar-refractivity contribution in [3.05, 3.63) is 64.7 Å². The van der Waals surface area contributed by atoms with Crippen molar-refractivity contribution in [2.45, 2.75) is 18.9 Å². The molecule has 2 unspecified atom stereocenters. The van der Waals surface area contributed by atoms with Crippen LogP contribution in [0.1, 0.15) is 33.8 Å². The Hall–Kier alpha value is -2.80. The van der Waals surface area contributed by atoms with E-state index < -0.39 is 23.5 Å². The Kier molecular flexibility index (Phi) is 4.99. The lowest BCUT2D eigenvalue weighted by Gasteiger charge is -2.09. The van der Waals surface area contributed by atoms with Gasteiger partial charge in [-0.05, 0) is 47.7 Å². The molecule has 1 saturated carbocycles. The second-order valence-corrected chi connectivity index (χ2v) is 6.24. The molecule has 136 valence electrons. The molecule has 2 N–H and O–H groups in total. The lowest BCUT2D eigenvalue weighted by atomic mass is 10.1. The normalized spacial score (nSPS) is 18.4. The molecular weight excluding hydrogens is 344 g/mol. The quantitative estimate of drug-likeness (QED) is 0.825. The summed E-state index contributed by atoms with van der Waals surface area (Å²) in [4.78, 5) is 23.6. The van der Waals surface area contributed by atoms with E-state index in [9.17, 15) is 23.5 Å². The summed E-state index contributed by atoms with van der Waals surface area (Å²) in [5, 5.41) is 11.8. The zero-order valence-electron chi connectivity index (χ0n) is 14.0. The monoisotopic (exact) mass is 361 g/mol. The van der Waals surface area contributed by atoms with Crippen LogP contribution in [0.4, 0.5) is 14.5 Å². The van der Waals surface area contributed by atoms with Crippen molar-refractivity contribution in [2.24, 2.45) is 5.92 Å². The van der Waals surface area contributed by atoms with E-state index >= 15 is 0 Å². The predicted molar refractivity (Wildman–Crippen MR) is 90.0 cm³/mol. The van der Waals surface area contributed by atoms with E-state index in [4.69, 9.17) is 4.74 Å². The topological polar surface area (TPSA) is 75.6 Å². The second-order valence-electron chi connectivity index (χ2n) is 6.24. The van der Waals surface area contributed by atoms with Crippen LogP contribution in [-0.4, -0.2) is 24.1 Å². The fraction of sp³-hybridized carbons (Fsp3) is 0.263. The van der Waals surface area contributed by atoms with Crippen LogP contribution in [-0.2, 0) is 16.1 Å². The smallest absolute Gasteiger partial charge is 0.335 e. The Balaban J connectivity index is 1.75. The number of benzene rings is 2. The summed E-state index contributed by atoms with van der Waals surface area (Å²) in [6, 6.07) is 8.34. The van der Waals surface area contributed by atoms with Crippen LogP contribution in [0.5, 0.6) is 0 Å². The number of nitrogens with one attached hydrogen (secondary N) is 1. The Bertz CT molecular complexity index is 869. The lowest BCUT2D eigenvalue weighted by Crippen LogP contribution is -2.15. The first-order chi connectivity index (χ1) is 12.4. The van der Waals surface area contributed by atoms with Crippen LogP contribution in [0.25, 0.3) is 0 Å². The summed E-state index contributed by atoms with van der Waals surface area (Å²) in [6.45, 7) is 0.199. The minimum absolute atomic E-state index is 0.0263. The highest BCUT2D eigenvalue weighted by Gasteiger charge is 2.45. The first-order valence-corrected chi connectivity index (χ1v) is 8.01. The summed E-state index contributed by atoms with van der Waals surface area (Å²) >= 11 is 0. The highest BCUT2D eigenvalue weighted by molar-refractivity contribution is 5.97. The summed E-state index contributed by atoms with van der Waals surface area (Å²) in [6.07, 6.45) is 0.412. The zero-order valence-corrected chi connectivity index (χ0v) is 14.0. The predicted octanol–water partition coefficient (Wildman–Crippen LogP) is 3.55. The molecule has 0 spiro atoms. The maximum absolute atomic E-state index is 13.8. The third-order valence-electron chi connectivity index (χ3n) is 4.33. The third kappa shape index (κ3) is 3.72. The highest BCUT2D eigenvalue weighted by atomic mass is 19.2. The molecular formula is C19H17F2NO4. The average molecular weight is 361 g/mol. The summed E-state index contributed by atoms with van der Waals surface area (Å²) < 4.78 is 32.2. The van der Waals surface area contributed by atoms with E-state index in [1.54, 1.807) is 6.07 Å². The number of ether oxygens (including phenoxy) is 1. The van der Waals surface area contributed by atoms with Gasteiger partial charge in [0.1, 0.15) is 0 Å². The van der Waals surface area contributed by atoms with Crippen LogP contribution in [0.15, 0.2) is 36.4 Å². The Morgan fingerprint density at radius 1 is 1.27 bits per heavy atom. The molecule has 2 aromatic rings. The second kappa shape index (κ2) is 7.21. The molecule has 5 nitrogen and oxygen atoms in total. The van der Waals surface area contributed by atoms with Crippen LogP contribution >= 0.6 is 0 Å². The third-order valence-corrected chi connectivity index (χ3v) is 4.33. The standard InChI is InChI=1S/C19H17F2NO4/c1-26-9-10-5-11(19(24)25)7-12(6-10)22-18(23)15-8-14(15)13-3-2-4-16(20)17(13)21/h2-7,14-15H,8-9H2,1H3,(H,22,23)(H,24,25). The molecule has 2 aromatic carbocycles. The van der Waals surface area contributed by atoms with Gasteiger partial charge in [-0.1, -0.05) is 12.1 Å². The number of anilines is 1. The Labute approximate surface area is 148 Å². The van der Waals surface area contributed by atoms with Crippen LogP contribution in [0.2, 0.25) is 0 Å². The van der Waals surface area contributed by atoms with Crippen molar-refractivity contribution in [1.29, 1.82) is 0 Å². The van der Waals surface area contributed by atoms with Gasteiger partial charge in [-0.15, -0.1) is 0 Å². The number of carbonyl (C=O) groups excluding carboxylic acids is 1. The maximum atomic E-state index is 13.8. The van der Waals surface area contributed by atoms with E-state index in [1.165, 1.54) is 31.4 Å². The summed E-state index contributed by atoms with van der Waals surface area (Å²) in [7, 11) is 1.48. The molecule has 1 aliphatic carbocycles. The van der Waals surface area contributed by atoms with Crippen molar-refractivity contribution in [3.8, 4) is 0 Å². The van der Waals surface area contributed by atoms with E-state index in [1.807, 2.05) is 0 Å². The number of amides is 1. The fourth-order valence-electron chi connectivity index (χ4n) is 3.01. The number of hydrogen-bond donors (Lipinski definition) is 2. The number of carbonyl (C=O) groups is 2. The molecule has 0 aliphatic heterocycles. The van der Waals surface area contributed by atoms with Gasteiger partial charge in [0.2, 0.25) is 5.91 Å².